The number of rotatable bonds is 6. The van der Waals surface area contributed by atoms with Gasteiger partial charge in [-0.1, -0.05) is 22.0 Å². The molecule has 0 aliphatic carbocycles. The molecule has 1 aromatic rings. The van der Waals surface area contributed by atoms with Crippen LogP contribution in [-0.4, -0.2) is 30.5 Å². The fourth-order valence-electron chi connectivity index (χ4n) is 1.84. The molecule has 0 bridgehead atoms. The highest BCUT2D eigenvalue weighted by Crippen LogP contribution is 2.16. The zero-order valence-electron chi connectivity index (χ0n) is 11.9. The van der Waals surface area contributed by atoms with Crippen LogP contribution in [-0.2, 0) is 6.42 Å². The molecule has 0 saturated carbocycles. The Kier molecular flexibility index (Phi) is 10.2. The molecule has 0 spiro atoms. The number of nitrogens with two attached hydrogens (primary N) is 1. The minimum absolute atomic E-state index is 0. The quantitative estimate of drug-likeness (QED) is 0.305. The maximum absolute atomic E-state index is 13.6. The van der Waals surface area contributed by atoms with Crippen molar-refractivity contribution in [1.82, 2.24) is 4.90 Å². The van der Waals surface area contributed by atoms with Crippen LogP contribution in [0.2, 0.25) is 0 Å². The molecule has 0 amide bonds. The molecule has 0 unspecified atom stereocenters. The van der Waals surface area contributed by atoms with Gasteiger partial charge in [-0.05, 0) is 44.4 Å². The van der Waals surface area contributed by atoms with Crippen LogP contribution in [0.3, 0.4) is 0 Å². The van der Waals surface area contributed by atoms with Gasteiger partial charge in [-0.3, -0.25) is 4.99 Å². The summed E-state index contributed by atoms with van der Waals surface area (Å²) in [4.78, 5) is 6.32. The van der Waals surface area contributed by atoms with E-state index in [0.717, 1.165) is 29.5 Å². The third kappa shape index (κ3) is 6.39. The van der Waals surface area contributed by atoms with Crippen LogP contribution < -0.4 is 5.73 Å². The van der Waals surface area contributed by atoms with E-state index in [2.05, 4.69) is 20.9 Å². The number of halogens is 3. The fourth-order valence-corrected chi connectivity index (χ4v) is 2.17. The number of nitrogens with zero attached hydrogens (tertiary/aromatic N) is 2. The molecule has 1 rings (SSSR count). The Morgan fingerprint density at radius 3 is 2.55 bits per heavy atom. The molecule has 0 atom stereocenters. The molecule has 0 aliphatic rings. The minimum atomic E-state index is -0.171. The van der Waals surface area contributed by atoms with Gasteiger partial charge >= 0.3 is 0 Å². The number of hydrogen-bond donors (Lipinski definition) is 1. The fraction of sp³-hybridized carbons (Fsp3) is 0.500. The first-order valence-corrected chi connectivity index (χ1v) is 7.36. The zero-order chi connectivity index (χ0) is 14.3. The zero-order valence-corrected chi connectivity index (χ0v) is 15.8. The molecule has 0 heterocycles. The summed E-state index contributed by atoms with van der Waals surface area (Å²) in [7, 11) is 0. The van der Waals surface area contributed by atoms with Crippen molar-refractivity contribution in [2.75, 3.05) is 19.6 Å². The molecular formula is C14H22BrFIN3. The van der Waals surface area contributed by atoms with Gasteiger partial charge in [0.15, 0.2) is 5.96 Å². The molecule has 2 N–H and O–H groups in total. The molecule has 0 fully saturated rings. The van der Waals surface area contributed by atoms with Gasteiger partial charge in [0.25, 0.3) is 0 Å². The van der Waals surface area contributed by atoms with E-state index >= 15 is 0 Å². The molecule has 1 aromatic carbocycles. The molecule has 3 nitrogen and oxygen atoms in total. The van der Waals surface area contributed by atoms with Crippen LogP contribution in [0.25, 0.3) is 0 Å². The normalized spacial score (nSPS) is 11.1. The van der Waals surface area contributed by atoms with Gasteiger partial charge in [0.05, 0.1) is 0 Å². The number of benzene rings is 1. The monoisotopic (exact) mass is 457 g/mol. The lowest BCUT2D eigenvalue weighted by atomic mass is 10.1. The standard InChI is InChI=1S/C14H21BrFN3.HI/c1-3-19(4-2)14(17)18-9-5-6-11-7-8-12(15)10-13(11)16;/h7-8,10H,3-6,9H2,1-2H3,(H2,17,18);1H. The van der Waals surface area contributed by atoms with Gasteiger partial charge in [0, 0.05) is 24.1 Å². The summed E-state index contributed by atoms with van der Waals surface area (Å²) in [6, 6.07) is 5.14. The molecule has 0 aliphatic heterocycles. The second kappa shape index (κ2) is 10.4. The molecular weight excluding hydrogens is 436 g/mol. The lowest BCUT2D eigenvalue weighted by Gasteiger charge is -2.19. The van der Waals surface area contributed by atoms with E-state index in [4.69, 9.17) is 5.73 Å². The van der Waals surface area contributed by atoms with Crippen molar-refractivity contribution < 1.29 is 4.39 Å². The van der Waals surface area contributed by atoms with Crippen LogP contribution in [0, 0.1) is 5.82 Å². The Hall–Kier alpha value is -0.370. The highest BCUT2D eigenvalue weighted by atomic mass is 127. The summed E-state index contributed by atoms with van der Waals surface area (Å²) in [5, 5.41) is 0. The first kappa shape index (κ1) is 19.6. The van der Waals surface area contributed by atoms with Crippen molar-refractivity contribution in [1.29, 1.82) is 0 Å². The number of aryl methyl sites for hydroxylation is 1. The number of guanidine groups is 1. The van der Waals surface area contributed by atoms with Gasteiger partial charge in [-0.15, -0.1) is 24.0 Å². The Morgan fingerprint density at radius 2 is 2.00 bits per heavy atom. The largest absolute Gasteiger partial charge is 0.370 e. The highest BCUT2D eigenvalue weighted by Gasteiger charge is 2.03. The summed E-state index contributed by atoms with van der Waals surface area (Å²) in [5.74, 6) is 0.399. The summed E-state index contributed by atoms with van der Waals surface area (Å²) in [6.07, 6.45) is 1.47. The number of aliphatic imine (C=N–C) groups is 1. The predicted octanol–water partition coefficient (Wildman–Crippen LogP) is 3.80. The van der Waals surface area contributed by atoms with Crippen molar-refractivity contribution in [3.63, 3.8) is 0 Å². The highest BCUT2D eigenvalue weighted by molar-refractivity contribution is 14.0. The Bertz CT molecular complexity index is 436. The molecule has 0 radical (unpaired) electrons. The van der Waals surface area contributed by atoms with E-state index in [9.17, 15) is 4.39 Å². The molecule has 0 aromatic heterocycles. The van der Waals surface area contributed by atoms with Gasteiger partial charge in [-0.25, -0.2) is 4.39 Å². The SMILES string of the molecule is CCN(CC)C(N)=NCCCc1ccc(Br)cc1F.I. The van der Waals surface area contributed by atoms with Gasteiger partial charge < -0.3 is 10.6 Å². The molecule has 0 saturated heterocycles. The Morgan fingerprint density at radius 1 is 1.35 bits per heavy atom. The van der Waals surface area contributed by atoms with E-state index in [0.29, 0.717) is 18.9 Å². The summed E-state index contributed by atoms with van der Waals surface area (Å²) < 4.78 is 14.3. The second-order valence-corrected chi connectivity index (χ2v) is 5.17. The van der Waals surface area contributed by atoms with Crippen LogP contribution in [0.1, 0.15) is 25.8 Å². The lowest BCUT2D eigenvalue weighted by molar-refractivity contribution is 0.458. The average molecular weight is 458 g/mol. The summed E-state index contributed by atoms with van der Waals surface area (Å²) >= 11 is 3.25. The maximum Gasteiger partial charge on any atom is 0.191 e. The second-order valence-electron chi connectivity index (χ2n) is 4.25. The average Bonchev–Trinajstić information content (AvgIpc) is 2.38. The Balaban J connectivity index is 0.00000361. The first-order chi connectivity index (χ1) is 9.08. The Labute approximate surface area is 146 Å². The molecule has 6 heteroatoms. The van der Waals surface area contributed by atoms with E-state index in [1.165, 1.54) is 6.07 Å². The summed E-state index contributed by atoms with van der Waals surface area (Å²) in [5.41, 5.74) is 6.59. The van der Waals surface area contributed by atoms with Crippen LogP contribution in [0.15, 0.2) is 27.7 Å². The van der Waals surface area contributed by atoms with Crippen molar-refractivity contribution in [2.24, 2.45) is 10.7 Å². The third-order valence-corrected chi connectivity index (χ3v) is 3.47. The van der Waals surface area contributed by atoms with Crippen molar-refractivity contribution in [2.45, 2.75) is 26.7 Å². The van der Waals surface area contributed by atoms with Gasteiger partial charge in [-0.2, -0.15) is 0 Å². The third-order valence-electron chi connectivity index (χ3n) is 2.98. The van der Waals surface area contributed by atoms with Crippen molar-refractivity contribution in [3.05, 3.63) is 34.1 Å². The molecule has 114 valence electrons. The van der Waals surface area contributed by atoms with E-state index in [1.807, 2.05) is 24.8 Å². The maximum atomic E-state index is 13.6. The predicted molar refractivity (Wildman–Crippen MR) is 97.2 cm³/mol. The van der Waals surface area contributed by atoms with E-state index < -0.39 is 0 Å². The van der Waals surface area contributed by atoms with Gasteiger partial charge in [0.2, 0.25) is 0 Å². The smallest absolute Gasteiger partial charge is 0.191 e. The van der Waals surface area contributed by atoms with Crippen molar-refractivity contribution in [3.8, 4) is 0 Å². The minimum Gasteiger partial charge on any atom is -0.370 e. The lowest BCUT2D eigenvalue weighted by Crippen LogP contribution is -2.37. The van der Waals surface area contributed by atoms with E-state index in [1.54, 1.807) is 6.07 Å². The van der Waals surface area contributed by atoms with Gasteiger partial charge in [0.1, 0.15) is 5.82 Å². The summed E-state index contributed by atoms with van der Waals surface area (Å²) in [6.45, 7) is 6.42. The number of hydrogen-bond acceptors (Lipinski definition) is 1. The molecule has 20 heavy (non-hydrogen) atoms. The first-order valence-electron chi connectivity index (χ1n) is 6.57. The topological polar surface area (TPSA) is 41.6 Å². The van der Waals surface area contributed by atoms with Crippen LogP contribution in [0.5, 0.6) is 0 Å². The van der Waals surface area contributed by atoms with Crippen LogP contribution in [0.4, 0.5) is 4.39 Å². The van der Waals surface area contributed by atoms with Crippen LogP contribution >= 0.6 is 39.9 Å². The van der Waals surface area contributed by atoms with Crippen molar-refractivity contribution >= 4 is 45.9 Å². The van der Waals surface area contributed by atoms with E-state index in [-0.39, 0.29) is 29.8 Å².